The average molecular weight is 853 g/mol. The maximum Gasteiger partial charge on any atom is 0.408 e. The fourth-order valence-electron chi connectivity index (χ4n) is 8.33. The molecule has 2 aromatic heterocycles. The molecule has 322 valence electrons. The zero-order valence-corrected chi connectivity index (χ0v) is 37.3. The molecule has 3 fully saturated rings. The fourth-order valence-corrected chi connectivity index (χ4v) is 11.7. The van der Waals surface area contributed by atoms with Crippen LogP contribution in [0.15, 0.2) is 41.8 Å². The van der Waals surface area contributed by atoms with Crippen LogP contribution in [-0.4, -0.2) is 92.6 Å². The number of carbonyl (C=O) groups excluding carboxylic acids is 3. The number of ether oxygens (including phenoxy) is 3. The summed E-state index contributed by atoms with van der Waals surface area (Å²) < 4.78 is 32.3. The predicted octanol–water partition coefficient (Wildman–Crippen LogP) is 8.24. The number of hydrogen-bond acceptors (Lipinski definition) is 11. The SMILES string of the molecule is C=C1CC[C@](NC(=O)[C@@H]2C[C@@H](Oc3cc(-c4csc(NC(C)C)n4)nc4cc(OC)ccc34)CN2C(=O)[C@@H](NC(=O)OC2CCCC2)C(C)(C)C)(P(=O)(O)C(C)CC)C1. The van der Waals surface area contributed by atoms with Crippen LogP contribution < -0.4 is 25.4 Å². The van der Waals surface area contributed by atoms with E-state index < -0.39 is 59.8 Å². The molecule has 1 saturated heterocycles. The predicted molar refractivity (Wildman–Crippen MR) is 231 cm³/mol. The molecule has 16 heteroatoms. The highest BCUT2D eigenvalue weighted by atomic mass is 32.1. The van der Waals surface area contributed by atoms with Gasteiger partial charge in [-0.25, -0.2) is 14.8 Å². The maximum atomic E-state index is 14.9. The van der Waals surface area contributed by atoms with Crippen molar-refractivity contribution in [2.24, 2.45) is 5.41 Å². The van der Waals surface area contributed by atoms with Gasteiger partial charge >= 0.3 is 6.09 Å². The van der Waals surface area contributed by atoms with Crippen molar-refractivity contribution in [3.05, 3.63) is 41.8 Å². The topological polar surface area (TPSA) is 181 Å². The fraction of sp³-hybridized carbons (Fsp3) is 0.605. The molecule has 4 N–H and O–H groups in total. The summed E-state index contributed by atoms with van der Waals surface area (Å²) >= 11 is 1.47. The Hall–Kier alpha value is -4.20. The third-order valence-electron chi connectivity index (χ3n) is 11.8. The first kappa shape index (κ1) is 44.4. The summed E-state index contributed by atoms with van der Waals surface area (Å²) in [6, 6.07) is 5.33. The van der Waals surface area contributed by atoms with Crippen molar-refractivity contribution in [2.45, 2.75) is 148 Å². The van der Waals surface area contributed by atoms with Crippen molar-refractivity contribution in [2.75, 3.05) is 19.0 Å². The van der Waals surface area contributed by atoms with Gasteiger partial charge < -0.3 is 40.0 Å². The van der Waals surface area contributed by atoms with E-state index in [1.54, 1.807) is 14.0 Å². The van der Waals surface area contributed by atoms with Gasteiger partial charge in [-0.05, 0) is 76.3 Å². The number of benzene rings is 1. The van der Waals surface area contributed by atoms with Crippen molar-refractivity contribution >= 4 is 52.6 Å². The van der Waals surface area contributed by atoms with E-state index in [4.69, 9.17) is 24.2 Å². The van der Waals surface area contributed by atoms with E-state index >= 15 is 0 Å². The van der Waals surface area contributed by atoms with Gasteiger partial charge in [0.1, 0.15) is 46.8 Å². The molecule has 3 amide bonds. The molecule has 6 atom stereocenters. The molecule has 3 heterocycles. The minimum Gasteiger partial charge on any atom is -0.497 e. The molecule has 0 radical (unpaired) electrons. The van der Waals surface area contributed by atoms with E-state index in [1.807, 2.05) is 71.2 Å². The Kier molecular flexibility index (Phi) is 13.4. The first-order valence-electron chi connectivity index (χ1n) is 20.8. The number of aromatic nitrogens is 2. The Morgan fingerprint density at radius 3 is 2.46 bits per heavy atom. The lowest BCUT2D eigenvalue weighted by molar-refractivity contribution is -0.142. The number of rotatable bonds is 14. The summed E-state index contributed by atoms with van der Waals surface area (Å²) in [5, 5.41) is 11.1. The lowest BCUT2D eigenvalue weighted by Gasteiger charge is -2.39. The van der Waals surface area contributed by atoms with E-state index in [0.717, 1.165) is 36.4 Å². The Morgan fingerprint density at radius 1 is 1.10 bits per heavy atom. The second-order valence-corrected chi connectivity index (χ2v) is 21.6. The molecule has 2 saturated carbocycles. The van der Waals surface area contributed by atoms with Crippen molar-refractivity contribution in [3.63, 3.8) is 0 Å². The standard InChI is InChI=1S/C43H61N6O8PS/c1-10-27(5)58(53,54)43(18-17-26(4)22-43)48-38(50)35-20-30(23-49(35)39(51)37(42(6,7)8)47-41(52)57-28-13-11-12-14-28)56-36-21-33(34-24-59-40(46-34)44-25(2)3)45-32-19-29(55-9)15-16-31(32)36/h15-16,19,21,24-25,27-28,30,35,37H,4,10-14,17-18,20,22-23H2,1-3,5-9H3,(H,44,46)(H,47,52)(H,48,50)(H,53,54)/t27?,30-,35+,37-,43+/m1/s1. The van der Waals surface area contributed by atoms with Crippen molar-refractivity contribution in [1.82, 2.24) is 25.5 Å². The van der Waals surface area contributed by atoms with Gasteiger partial charge in [-0.1, -0.05) is 46.8 Å². The van der Waals surface area contributed by atoms with Crippen LogP contribution in [0.25, 0.3) is 22.3 Å². The Morgan fingerprint density at radius 2 is 1.83 bits per heavy atom. The number of methoxy groups -OCH3 is 1. The molecule has 14 nitrogen and oxygen atoms in total. The van der Waals surface area contributed by atoms with Gasteiger partial charge in [-0.15, -0.1) is 11.3 Å². The average Bonchev–Trinajstić information content (AvgIpc) is 4.01. The van der Waals surface area contributed by atoms with Gasteiger partial charge in [0.25, 0.3) is 0 Å². The number of thiazole rings is 1. The second-order valence-electron chi connectivity index (χ2n) is 17.8. The lowest BCUT2D eigenvalue weighted by Crippen LogP contribution is -2.59. The summed E-state index contributed by atoms with van der Waals surface area (Å²) in [6.07, 6.45) is 3.33. The van der Waals surface area contributed by atoms with Crippen molar-refractivity contribution < 1.29 is 38.1 Å². The van der Waals surface area contributed by atoms with E-state index in [2.05, 4.69) is 22.5 Å². The summed E-state index contributed by atoms with van der Waals surface area (Å²) in [5.41, 5.74) is 1.25. The second kappa shape index (κ2) is 17.8. The molecule has 3 aliphatic rings. The molecule has 1 aromatic carbocycles. The summed E-state index contributed by atoms with van der Waals surface area (Å²) in [6.45, 7) is 17.3. The molecule has 59 heavy (non-hydrogen) atoms. The van der Waals surface area contributed by atoms with Gasteiger partial charge in [0, 0.05) is 47.4 Å². The van der Waals surface area contributed by atoms with Crippen LogP contribution in [0.4, 0.5) is 9.93 Å². The van der Waals surface area contributed by atoms with Crippen LogP contribution in [0, 0.1) is 5.41 Å². The smallest absolute Gasteiger partial charge is 0.408 e. The molecular weight excluding hydrogens is 792 g/mol. The number of hydrogen-bond donors (Lipinski definition) is 4. The lowest BCUT2D eigenvalue weighted by atomic mass is 9.85. The van der Waals surface area contributed by atoms with Crippen LogP contribution in [-0.2, 0) is 18.9 Å². The number of carbonyl (C=O) groups is 3. The molecule has 2 aliphatic carbocycles. The highest BCUT2D eigenvalue weighted by Gasteiger charge is 2.55. The number of amides is 3. The van der Waals surface area contributed by atoms with Crippen LogP contribution in [0.2, 0.25) is 0 Å². The Balaban J connectivity index is 1.36. The largest absolute Gasteiger partial charge is 0.497 e. The van der Waals surface area contributed by atoms with Crippen LogP contribution >= 0.6 is 18.7 Å². The molecule has 1 aliphatic heterocycles. The first-order chi connectivity index (χ1) is 27.8. The van der Waals surface area contributed by atoms with E-state index in [-0.39, 0.29) is 38.0 Å². The number of nitrogens with one attached hydrogen (secondary N) is 3. The molecule has 3 aromatic rings. The number of likely N-dealkylation sites (tertiary alicyclic amines) is 1. The van der Waals surface area contributed by atoms with Gasteiger partial charge in [0.2, 0.25) is 19.2 Å². The quantitative estimate of drug-likeness (QED) is 0.0906. The molecule has 0 bridgehead atoms. The summed E-state index contributed by atoms with van der Waals surface area (Å²) in [7, 11) is -2.41. The van der Waals surface area contributed by atoms with Crippen LogP contribution in [0.3, 0.4) is 0 Å². The number of nitrogens with zero attached hydrogens (tertiary/aromatic N) is 3. The van der Waals surface area contributed by atoms with Crippen molar-refractivity contribution in [1.29, 1.82) is 0 Å². The zero-order chi connectivity index (χ0) is 42.9. The van der Waals surface area contributed by atoms with Gasteiger partial charge in [-0.2, -0.15) is 0 Å². The van der Waals surface area contributed by atoms with E-state index in [0.29, 0.717) is 46.6 Å². The monoisotopic (exact) mass is 852 g/mol. The van der Waals surface area contributed by atoms with Crippen molar-refractivity contribution in [3.8, 4) is 22.9 Å². The van der Waals surface area contributed by atoms with Crippen LogP contribution in [0.1, 0.15) is 106 Å². The molecule has 0 spiro atoms. The highest BCUT2D eigenvalue weighted by Crippen LogP contribution is 2.64. The molecule has 6 rings (SSSR count). The van der Waals surface area contributed by atoms with Gasteiger partial charge in [0.15, 0.2) is 5.13 Å². The Bertz CT molecular complexity index is 2100. The normalized spacial score (nSPS) is 23.2. The number of anilines is 1. The van der Waals surface area contributed by atoms with E-state index in [1.165, 1.54) is 16.2 Å². The highest BCUT2D eigenvalue weighted by molar-refractivity contribution is 7.60. The third-order valence-corrected chi connectivity index (χ3v) is 15.9. The summed E-state index contributed by atoms with van der Waals surface area (Å²) in [5.74, 6) is 0.0415. The maximum absolute atomic E-state index is 14.9. The third kappa shape index (κ3) is 9.73. The van der Waals surface area contributed by atoms with E-state index in [9.17, 15) is 23.8 Å². The minimum absolute atomic E-state index is 0.000822. The van der Waals surface area contributed by atoms with Gasteiger partial charge in [0.05, 0.1) is 24.9 Å². The first-order valence-corrected chi connectivity index (χ1v) is 23.4. The van der Waals surface area contributed by atoms with Gasteiger partial charge in [-0.3, -0.25) is 14.2 Å². The zero-order valence-electron chi connectivity index (χ0n) is 35.6. The summed E-state index contributed by atoms with van der Waals surface area (Å²) in [4.78, 5) is 65.7. The molecular formula is C43H61N6O8PS. The number of alkyl carbamates (subject to hydrolysis) is 1. The molecule has 2 unspecified atom stereocenters. The van der Waals surface area contributed by atoms with Crippen LogP contribution in [0.5, 0.6) is 11.5 Å². The number of fused-ring (bicyclic) bond motifs is 1. The minimum atomic E-state index is -3.99. The number of pyridine rings is 1. The Labute approximate surface area is 351 Å².